The maximum Gasteiger partial charge on any atom is 0.239 e. The van der Waals surface area contributed by atoms with Gasteiger partial charge in [0.15, 0.2) is 0 Å². The third-order valence-corrected chi connectivity index (χ3v) is 4.05. The first-order valence-corrected chi connectivity index (χ1v) is 8.25. The van der Waals surface area contributed by atoms with E-state index in [1.165, 1.54) is 0 Å². The normalized spacial score (nSPS) is 10.6. The van der Waals surface area contributed by atoms with Crippen LogP contribution in [0.2, 0.25) is 10.0 Å². The Morgan fingerprint density at radius 2 is 1.76 bits per heavy atom. The Morgan fingerprint density at radius 1 is 1.08 bits per heavy atom. The SMILES string of the molecule is Cc1ccc(NC(=O)CN(C)CC(=O)Nc2cccc(Cl)c2Cl)nc1. The van der Waals surface area contributed by atoms with Crippen molar-refractivity contribution in [1.29, 1.82) is 0 Å². The van der Waals surface area contributed by atoms with E-state index in [-0.39, 0.29) is 29.9 Å². The molecular formula is C17H18Cl2N4O2. The molecule has 1 heterocycles. The number of aromatic nitrogens is 1. The molecule has 0 saturated carbocycles. The summed E-state index contributed by atoms with van der Waals surface area (Å²) in [6, 6.07) is 8.56. The van der Waals surface area contributed by atoms with E-state index in [0.717, 1.165) is 5.56 Å². The van der Waals surface area contributed by atoms with Gasteiger partial charge in [-0.25, -0.2) is 4.98 Å². The van der Waals surface area contributed by atoms with E-state index in [2.05, 4.69) is 15.6 Å². The molecule has 0 fully saturated rings. The van der Waals surface area contributed by atoms with Crippen molar-refractivity contribution in [1.82, 2.24) is 9.88 Å². The number of anilines is 2. The van der Waals surface area contributed by atoms with Gasteiger partial charge in [0, 0.05) is 6.20 Å². The summed E-state index contributed by atoms with van der Waals surface area (Å²) in [6.45, 7) is 1.99. The summed E-state index contributed by atoms with van der Waals surface area (Å²) in [6.07, 6.45) is 1.67. The van der Waals surface area contributed by atoms with E-state index >= 15 is 0 Å². The van der Waals surface area contributed by atoms with Gasteiger partial charge in [-0.1, -0.05) is 35.3 Å². The molecule has 132 valence electrons. The number of hydrogen-bond acceptors (Lipinski definition) is 4. The molecular weight excluding hydrogens is 363 g/mol. The molecule has 0 bridgehead atoms. The van der Waals surface area contributed by atoms with Crippen molar-refractivity contribution in [3.63, 3.8) is 0 Å². The highest BCUT2D eigenvalue weighted by Crippen LogP contribution is 2.29. The van der Waals surface area contributed by atoms with Crippen molar-refractivity contribution < 1.29 is 9.59 Å². The van der Waals surface area contributed by atoms with E-state index in [1.807, 2.05) is 13.0 Å². The predicted molar refractivity (Wildman–Crippen MR) is 100 cm³/mol. The fourth-order valence-electron chi connectivity index (χ4n) is 2.06. The van der Waals surface area contributed by atoms with Crippen molar-refractivity contribution >= 4 is 46.5 Å². The highest BCUT2D eigenvalue weighted by Gasteiger charge is 2.13. The number of nitrogens with zero attached hydrogens (tertiary/aromatic N) is 2. The highest BCUT2D eigenvalue weighted by molar-refractivity contribution is 6.44. The molecule has 2 N–H and O–H groups in total. The highest BCUT2D eigenvalue weighted by atomic mass is 35.5. The minimum Gasteiger partial charge on any atom is -0.324 e. The van der Waals surface area contributed by atoms with Crippen molar-refractivity contribution in [2.45, 2.75) is 6.92 Å². The van der Waals surface area contributed by atoms with Gasteiger partial charge in [0.1, 0.15) is 5.82 Å². The Balaban J connectivity index is 1.83. The zero-order valence-electron chi connectivity index (χ0n) is 13.8. The van der Waals surface area contributed by atoms with Crippen LogP contribution >= 0.6 is 23.2 Å². The summed E-state index contributed by atoms with van der Waals surface area (Å²) in [7, 11) is 1.67. The lowest BCUT2D eigenvalue weighted by atomic mass is 10.3. The molecule has 0 radical (unpaired) electrons. The average molecular weight is 381 g/mol. The molecule has 2 aromatic rings. The quantitative estimate of drug-likeness (QED) is 0.806. The summed E-state index contributed by atoms with van der Waals surface area (Å²) in [5.41, 5.74) is 1.44. The lowest BCUT2D eigenvalue weighted by Crippen LogP contribution is -2.36. The molecule has 1 aromatic heterocycles. The summed E-state index contributed by atoms with van der Waals surface area (Å²) < 4.78 is 0. The van der Waals surface area contributed by atoms with E-state index in [4.69, 9.17) is 23.2 Å². The molecule has 0 aliphatic heterocycles. The van der Waals surface area contributed by atoms with Gasteiger partial charge in [-0.05, 0) is 37.7 Å². The van der Waals surface area contributed by atoms with E-state index in [0.29, 0.717) is 16.5 Å². The third-order valence-electron chi connectivity index (χ3n) is 3.23. The largest absolute Gasteiger partial charge is 0.324 e. The molecule has 0 aliphatic rings. The topological polar surface area (TPSA) is 74.3 Å². The smallest absolute Gasteiger partial charge is 0.239 e. The van der Waals surface area contributed by atoms with Crippen LogP contribution in [0.5, 0.6) is 0 Å². The molecule has 0 unspecified atom stereocenters. The maximum atomic E-state index is 12.1. The zero-order chi connectivity index (χ0) is 18.4. The summed E-state index contributed by atoms with van der Waals surface area (Å²) in [5, 5.41) is 5.99. The number of carbonyl (C=O) groups excluding carboxylic acids is 2. The second-order valence-corrected chi connectivity index (χ2v) is 6.38. The van der Waals surface area contributed by atoms with Crippen molar-refractivity contribution in [2.24, 2.45) is 0 Å². The number of nitrogens with one attached hydrogen (secondary N) is 2. The number of likely N-dealkylation sites (N-methyl/N-ethyl adjacent to an activating group) is 1. The van der Waals surface area contributed by atoms with Crippen LogP contribution in [-0.4, -0.2) is 41.8 Å². The van der Waals surface area contributed by atoms with Gasteiger partial charge in [-0.2, -0.15) is 0 Å². The Morgan fingerprint density at radius 3 is 2.40 bits per heavy atom. The Hall–Kier alpha value is -2.15. The Kier molecular flexibility index (Phi) is 6.75. The monoisotopic (exact) mass is 380 g/mol. The molecule has 8 heteroatoms. The van der Waals surface area contributed by atoms with E-state index in [1.54, 1.807) is 42.4 Å². The van der Waals surface area contributed by atoms with Crippen LogP contribution in [0.1, 0.15) is 5.56 Å². The van der Waals surface area contributed by atoms with Crippen molar-refractivity contribution in [2.75, 3.05) is 30.8 Å². The summed E-state index contributed by atoms with van der Waals surface area (Å²) in [5.74, 6) is -0.0838. The lowest BCUT2D eigenvalue weighted by Gasteiger charge is -2.16. The standard InChI is InChI=1S/C17H18Cl2N4O2/c1-11-6-7-14(20-8-11)22-16(25)10-23(2)9-15(24)21-13-5-3-4-12(18)17(13)19/h3-8H,9-10H2,1-2H3,(H,21,24)(H,20,22,25). The van der Waals surface area contributed by atoms with Crippen LogP contribution in [0.15, 0.2) is 36.5 Å². The van der Waals surface area contributed by atoms with E-state index in [9.17, 15) is 9.59 Å². The Labute approximate surface area is 156 Å². The number of hydrogen-bond donors (Lipinski definition) is 2. The van der Waals surface area contributed by atoms with Gasteiger partial charge >= 0.3 is 0 Å². The van der Waals surface area contributed by atoms with Gasteiger partial charge < -0.3 is 10.6 Å². The number of pyridine rings is 1. The Bertz CT molecular complexity index is 766. The van der Waals surface area contributed by atoms with Crippen LogP contribution in [0.4, 0.5) is 11.5 Å². The second-order valence-electron chi connectivity index (χ2n) is 5.59. The number of carbonyl (C=O) groups is 2. The molecule has 0 aliphatic carbocycles. The molecule has 0 atom stereocenters. The van der Waals surface area contributed by atoms with E-state index < -0.39 is 0 Å². The maximum absolute atomic E-state index is 12.1. The van der Waals surface area contributed by atoms with Gasteiger partial charge in [0.25, 0.3) is 0 Å². The van der Waals surface area contributed by atoms with Crippen molar-refractivity contribution in [3.8, 4) is 0 Å². The lowest BCUT2D eigenvalue weighted by molar-refractivity contribution is -0.119. The molecule has 6 nitrogen and oxygen atoms in total. The van der Waals surface area contributed by atoms with Gasteiger partial charge in [0.2, 0.25) is 11.8 Å². The number of aryl methyl sites for hydroxylation is 1. The summed E-state index contributed by atoms with van der Waals surface area (Å²) in [4.78, 5) is 29.7. The molecule has 25 heavy (non-hydrogen) atoms. The van der Waals surface area contributed by atoms with Crippen LogP contribution in [0, 0.1) is 6.92 Å². The first-order valence-electron chi connectivity index (χ1n) is 7.50. The number of halogens is 2. The van der Waals surface area contributed by atoms with Gasteiger partial charge in [-0.3, -0.25) is 14.5 Å². The molecule has 1 aromatic carbocycles. The first kappa shape index (κ1) is 19.2. The number of amides is 2. The second kappa shape index (κ2) is 8.80. The predicted octanol–water partition coefficient (Wildman–Crippen LogP) is 3.21. The van der Waals surface area contributed by atoms with Crippen LogP contribution in [-0.2, 0) is 9.59 Å². The molecule has 2 rings (SSSR count). The minimum atomic E-state index is -0.298. The average Bonchev–Trinajstić information content (AvgIpc) is 2.53. The fourth-order valence-corrected chi connectivity index (χ4v) is 2.41. The third kappa shape index (κ3) is 6.01. The number of rotatable bonds is 6. The number of benzene rings is 1. The van der Waals surface area contributed by atoms with Gasteiger partial charge in [0.05, 0.1) is 28.8 Å². The summed E-state index contributed by atoms with van der Waals surface area (Å²) >= 11 is 11.9. The van der Waals surface area contributed by atoms with Gasteiger partial charge in [-0.15, -0.1) is 0 Å². The first-order chi connectivity index (χ1) is 11.8. The van der Waals surface area contributed by atoms with Crippen molar-refractivity contribution in [3.05, 3.63) is 52.1 Å². The van der Waals surface area contributed by atoms with Crippen LogP contribution in [0.25, 0.3) is 0 Å². The zero-order valence-corrected chi connectivity index (χ0v) is 15.4. The molecule has 0 saturated heterocycles. The van der Waals surface area contributed by atoms with Crippen LogP contribution < -0.4 is 10.6 Å². The van der Waals surface area contributed by atoms with Crippen LogP contribution in [0.3, 0.4) is 0 Å². The fraction of sp³-hybridized carbons (Fsp3) is 0.235. The minimum absolute atomic E-state index is 0.0254. The molecule has 2 amide bonds. The molecule has 0 spiro atoms.